The summed E-state index contributed by atoms with van der Waals surface area (Å²) >= 11 is 0. The number of esters is 1. The predicted molar refractivity (Wildman–Crippen MR) is 76.5 cm³/mol. The van der Waals surface area contributed by atoms with E-state index in [1.807, 2.05) is 0 Å². The minimum atomic E-state index is -0.0972. The molecule has 18 heavy (non-hydrogen) atoms. The molecule has 0 aromatic carbocycles. The molecule has 0 radical (unpaired) electrons. The lowest BCUT2D eigenvalue weighted by atomic mass is 10.1. The van der Waals surface area contributed by atoms with E-state index in [0.717, 1.165) is 12.8 Å². The second-order valence-electron chi connectivity index (χ2n) is 4.94. The topological polar surface area (TPSA) is 52.3 Å². The third-order valence-corrected chi connectivity index (χ3v) is 3.12. The first-order valence-corrected chi connectivity index (χ1v) is 7.67. The molecule has 0 spiro atoms. The number of nitrogens with two attached hydrogens (primary N) is 1. The summed E-state index contributed by atoms with van der Waals surface area (Å²) in [4.78, 5) is 11.2. The lowest BCUT2D eigenvalue weighted by Crippen LogP contribution is -2.13. The summed E-state index contributed by atoms with van der Waals surface area (Å²) in [6, 6.07) is 0. The number of rotatable bonds is 13. The van der Waals surface area contributed by atoms with Crippen LogP contribution in [0, 0.1) is 0 Å². The van der Waals surface area contributed by atoms with Gasteiger partial charge in [0, 0.05) is 13.0 Å². The summed E-state index contributed by atoms with van der Waals surface area (Å²) in [5.74, 6) is -0.0972. The highest BCUT2D eigenvalue weighted by atomic mass is 16.5. The van der Waals surface area contributed by atoms with Gasteiger partial charge >= 0.3 is 5.97 Å². The molecule has 3 nitrogen and oxygen atoms in total. The zero-order valence-electron chi connectivity index (χ0n) is 12.1. The van der Waals surface area contributed by atoms with Crippen molar-refractivity contribution in [3.05, 3.63) is 0 Å². The second kappa shape index (κ2) is 14.5. The van der Waals surface area contributed by atoms with Crippen LogP contribution in [0.4, 0.5) is 0 Å². The number of unbranched alkanes of at least 4 members (excludes halogenated alkanes) is 9. The molecule has 2 N–H and O–H groups in total. The van der Waals surface area contributed by atoms with Gasteiger partial charge in [0.1, 0.15) is 6.61 Å². The Morgan fingerprint density at radius 3 is 1.89 bits per heavy atom. The van der Waals surface area contributed by atoms with Crippen molar-refractivity contribution >= 4 is 5.97 Å². The van der Waals surface area contributed by atoms with Crippen LogP contribution in [0.25, 0.3) is 0 Å². The average molecular weight is 257 g/mol. The van der Waals surface area contributed by atoms with E-state index in [-0.39, 0.29) is 5.97 Å². The Hall–Kier alpha value is -0.570. The fourth-order valence-corrected chi connectivity index (χ4v) is 2.00. The van der Waals surface area contributed by atoms with Crippen molar-refractivity contribution in [1.82, 2.24) is 0 Å². The van der Waals surface area contributed by atoms with Crippen LogP contribution in [-0.4, -0.2) is 19.1 Å². The maximum Gasteiger partial charge on any atom is 0.305 e. The zero-order chi connectivity index (χ0) is 13.5. The molecule has 0 atom stereocenters. The second-order valence-corrected chi connectivity index (χ2v) is 4.94. The van der Waals surface area contributed by atoms with Gasteiger partial charge in [-0.1, -0.05) is 64.7 Å². The van der Waals surface area contributed by atoms with Crippen molar-refractivity contribution < 1.29 is 9.53 Å². The quantitative estimate of drug-likeness (QED) is 0.403. The Morgan fingerprint density at radius 1 is 0.889 bits per heavy atom. The molecule has 0 aliphatic rings. The zero-order valence-corrected chi connectivity index (χ0v) is 12.1. The molecule has 0 fully saturated rings. The molecule has 0 amide bonds. The van der Waals surface area contributed by atoms with Crippen molar-refractivity contribution in [3.63, 3.8) is 0 Å². The van der Waals surface area contributed by atoms with Gasteiger partial charge in [-0.2, -0.15) is 0 Å². The minimum Gasteiger partial charge on any atom is -0.464 e. The van der Waals surface area contributed by atoms with Gasteiger partial charge in [0.05, 0.1) is 0 Å². The molecule has 0 aliphatic carbocycles. The van der Waals surface area contributed by atoms with E-state index >= 15 is 0 Å². The van der Waals surface area contributed by atoms with Crippen molar-refractivity contribution in [2.24, 2.45) is 5.73 Å². The van der Waals surface area contributed by atoms with E-state index in [1.165, 1.54) is 51.4 Å². The van der Waals surface area contributed by atoms with Crippen molar-refractivity contribution in [1.29, 1.82) is 0 Å². The molecule has 0 heterocycles. The highest BCUT2D eigenvalue weighted by Gasteiger charge is 2.01. The van der Waals surface area contributed by atoms with E-state index in [9.17, 15) is 4.79 Å². The van der Waals surface area contributed by atoms with Crippen molar-refractivity contribution in [3.8, 4) is 0 Å². The summed E-state index contributed by atoms with van der Waals surface area (Å²) in [5, 5.41) is 0. The standard InChI is InChI=1S/C15H31NO2/c1-2-3-4-5-6-7-8-9-10-11-12-15(17)18-14-13-16/h2-14,16H2,1H3. The van der Waals surface area contributed by atoms with Crippen LogP contribution in [0.3, 0.4) is 0 Å². The van der Waals surface area contributed by atoms with E-state index in [1.54, 1.807) is 0 Å². The largest absolute Gasteiger partial charge is 0.464 e. The highest BCUT2D eigenvalue weighted by molar-refractivity contribution is 5.69. The molecule has 108 valence electrons. The molecular weight excluding hydrogens is 226 g/mol. The summed E-state index contributed by atoms with van der Waals surface area (Å²) in [7, 11) is 0. The molecule has 0 aromatic heterocycles. The molecule has 0 saturated heterocycles. The first-order chi connectivity index (χ1) is 8.81. The molecule has 0 saturated carbocycles. The van der Waals surface area contributed by atoms with E-state index in [4.69, 9.17) is 10.5 Å². The maximum absolute atomic E-state index is 11.2. The van der Waals surface area contributed by atoms with Gasteiger partial charge in [0.15, 0.2) is 0 Å². The summed E-state index contributed by atoms with van der Waals surface area (Å²) in [6.07, 6.45) is 13.4. The fourth-order valence-electron chi connectivity index (χ4n) is 2.00. The van der Waals surface area contributed by atoms with Crippen LogP contribution in [-0.2, 0) is 9.53 Å². The Kier molecular flexibility index (Phi) is 14.0. The van der Waals surface area contributed by atoms with Gasteiger partial charge in [-0.15, -0.1) is 0 Å². The van der Waals surface area contributed by atoms with E-state index in [0.29, 0.717) is 19.6 Å². The third-order valence-electron chi connectivity index (χ3n) is 3.12. The first kappa shape index (κ1) is 17.4. The summed E-state index contributed by atoms with van der Waals surface area (Å²) in [5.41, 5.74) is 5.25. The third kappa shape index (κ3) is 13.5. The number of hydrogen-bond acceptors (Lipinski definition) is 3. The average Bonchev–Trinajstić information content (AvgIpc) is 2.38. The molecule has 0 rings (SSSR count). The van der Waals surface area contributed by atoms with Gasteiger partial charge < -0.3 is 10.5 Å². The van der Waals surface area contributed by atoms with Gasteiger partial charge in [-0.05, 0) is 6.42 Å². The molecule has 0 unspecified atom stereocenters. The monoisotopic (exact) mass is 257 g/mol. The van der Waals surface area contributed by atoms with Crippen LogP contribution in [0.15, 0.2) is 0 Å². The normalized spacial score (nSPS) is 10.6. The van der Waals surface area contributed by atoms with Crippen LogP contribution >= 0.6 is 0 Å². The number of carbonyl (C=O) groups is 1. The Bertz CT molecular complexity index is 183. The molecule has 0 bridgehead atoms. The first-order valence-electron chi connectivity index (χ1n) is 7.67. The number of ether oxygens (including phenoxy) is 1. The Labute approximate surface area is 112 Å². The SMILES string of the molecule is CCCCCCCCCCCCC(=O)OCCN. The van der Waals surface area contributed by atoms with Gasteiger partial charge in [-0.3, -0.25) is 4.79 Å². The molecule has 0 aliphatic heterocycles. The lowest BCUT2D eigenvalue weighted by molar-refractivity contribution is -0.143. The Morgan fingerprint density at radius 2 is 1.39 bits per heavy atom. The number of hydrogen-bond donors (Lipinski definition) is 1. The van der Waals surface area contributed by atoms with Crippen LogP contribution in [0.1, 0.15) is 77.6 Å². The van der Waals surface area contributed by atoms with E-state index in [2.05, 4.69) is 6.92 Å². The van der Waals surface area contributed by atoms with Crippen LogP contribution in [0.2, 0.25) is 0 Å². The molecule has 3 heteroatoms. The Balaban J connectivity index is 3.04. The lowest BCUT2D eigenvalue weighted by Gasteiger charge is -2.03. The smallest absolute Gasteiger partial charge is 0.305 e. The van der Waals surface area contributed by atoms with Gasteiger partial charge in [-0.25, -0.2) is 0 Å². The maximum atomic E-state index is 11.2. The molecule has 0 aromatic rings. The predicted octanol–water partition coefficient (Wildman–Crippen LogP) is 3.80. The molecular formula is C15H31NO2. The number of carbonyl (C=O) groups excluding carboxylic acids is 1. The van der Waals surface area contributed by atoms with Crippen molar-refractivity contribution in [2.45, 2.75) is 77.6 Å². The fraction of sp³-hybridized carbons (Fsp3) is 0.933. The van der Waals surface area contributed by atoms with Crippen LogP contribution in [0.5, 0.6) is 0 Å². The summed E-state index contributed by atoms with van der Waals surface area (Å²) in [6.45, 7) is 3.03. The van der Waals surface area contributed by atoms with E-state index < -0.39 is 0 Å². The summed E-state index contributed by atoms with van der Waals surface area (Å²) < 4.78 is 4.91. The van der Waals surface area contributed by atoms with Crippen LogP contribution < -0.4 is 5.73 Å². The van der Waals surface area contributed by atoms with Crippen molar-refractivity contribution in [2.75, 3.05) is 13.2 Å². The van der Waals surface area contributed by atoms with Gasteiger partial charge in [0.2, 0.25) is 0 Å². The van der Waals surface area contributed by atoms with Gasteiger partial charge in [0.25, 0.3) is 0 Å². The minimum absolute atomic E-state index is 0.0972. The highest BCUT2D eigenvalue weighted by Crippen LogP contribution is 2.11.